The van der Waals surface area contributed by atoms with Crippen LogP contribution in [0.2, 0.25) is 0 Å². The van der Waals surface area contributed by atoms with Gasteiger partial charge in [0.05, 0.1) is 22.7 Å². The van der Waals surface area contributed by atoms with E-state index in [9.17, 15) is 10.1 Å². The number of piperazine rings is 1. The molecule has 3 aromatic rings. The summed E-state index contributed by atoms with van der Waals surface area (Å²) < 4.78 is 7.46. The maximum atomic E-state index is 12.5. The molecule has 4 heterocycles. The van der Waals surface area contributed by atoms with Crippen LogP contribution in [0, 0.1) is 11.3 Å². The Kier molecular flexibility index (Phi) is 6.78. The molecular weight excluding hydrogens is 444 g/mol. The van der Waals surface area contributed by atoms with Gasteiger partial charge < -0.3 is 19.4 Å². The van der Waals surface area contributed by atoms with E-state index in [2.05, 4.69) is 44.7 Å². The van der Waals surface area contributed by atoms with Crippen LogP contribution in [-0.4, -0.2) is 75.4 Å². The smallest absolute Gasteiger partial charge is 0.410 e. The van der Waals surface area contributed by atoms with Crippen molar-refractivity contribution in [3.05, 3.63) is 36.4 Å². The van der Waals surface area contributed by atoms with Gasteiger partial charge >= 0.3 is 6.09 Å². The van der Waals surface area contributed by atoms with Crippen molar-refractivity contribution in [1.29, 1.82) is 5.26 Å². The number of nitriles is 1. The van der Waals surface area contributed by atoms with Crippen molar-refractivity contribution in [2.75, 3.05) is 49.1 Å². The highest BCUT2D eigenvalue weighted by Gasteiger charge is 2.29. The Balaban J connectivity index is 1.72. The lowest BCUT2D eigenvalue weighted by Crippen LogP contribution is -2.50. The average molecular weight is 477 g/mol. The molecule has 0 radical (unpaired) electrons. The number of carbonyl (C=O) groups excluding carboxylic acids is 1. The quantitative estimate of drug-likeness (QED) is 0.550. The summed E-state index contributed by atoms with van der Waals surface area (Å²) in [6.07, 6.45) is 4.93. The van der Waals surface area contributed by atoms with Gasteiger partial charge in [-0.1, -0.05) is 0 Å². The van der Waals surface area contributed by atoms with E-state index in [1.165, 1.54) is 0 Å². The third kappa shape index (κ3) is 4.99. The van der Waals surface area contributed by atoms with Crippen molar-refractivity contribution in [2.24, 2.45) is 0 Å². The van der Waals surface area contributed by atoms with Crippen LogP contribution >= 0.6 is 0 Å². The van der Waals surface area contributed by atoms with Crippen molar-refractivity contribution >= 4 is 28.6 Å². The van der Waals surface area contributed by atoms with Crippen LogP contribution in [-0.2, 0) is 4.74 Å². The Bertz CT molecular complexity index is 1240. The molecule has 3 aromatic heterocycles. The maximum absolute atomic E-state index is 12.5. The fourth-order valence-electron chi connectivity index (χ4n) is 4.29. The summed E-state index contributed by atoms with van der Waals surface area (Å²) in [7, 11) is 0. The first kappa shape index (κ1) is 24.3. The predicted octanol–water partition coefficient (Wildman–Crippen LogP) is 3.59. The van der Waals surface area contributed by atoms with Gasteiger partial charge in [0.2, 0.25) is 0 Å². The summed E-state index contributed by atoms with van der Waals surface area (Å²) in [5.74, 6) is 1.46. The van der Waals surface area contributed by atoms with Gasteiger partial charge in [-0.05, 0) is 46.8 Å². The predicted molar refractivity (Wildman–Crippen MR) is 135 cm³/mol. The zero-order valence-corrected chi connectivity index (χ0v) is 21.0. The zero-order valence-electron chi connectivity index (χ0n) is 21.0. The maximum Gasteiger partial charge on any atom is 0.410 e. The summed E-state index contributed by atoms with van der Waals surface area (Å²) in [6, 6.07) is 5.62. The largest absolute Gasteiger partial charge is 0.444 e. The third-order valence-corrected chi connectivity index (χ3v) is 6.00. The van der Waals surface area contributed by atoms with Crippen molar-refractivity contribution in [3.8, 4) is 11.9 Å². The summed E-state index contributed by atoms with van der Waals surface area (Å²) >= 11 is 0. The first-order valence-electron chi connectivity index (χ1n) is 12.0. The first-order valence-corrected chi connectivity index (χ1v) is 12.0. The Morgan fingerprint density at radius 1 is 1.14 bits per heavy atom. The van der Waals surface area contributed by atoms with E-state index in [1.807, 2.05) is 31.5 Å². The number of anilines is 2. The van der Waals surface area contributed by atoms with E-state index >= 15 is 0 Å². The molecule has 0 aliphatic carbocycles. The second-order valence-corrected chi connectivity index (χ2v) is 9.42. The fourth-order valence-corrected chi connectivity index (χ4v) is 4.29. The van der Waals surface area contributed by atoms with Gasteiger partial charge in [-0.15, -0.1) is 0 Å². The first-order chi connectivity index (χ1) is 16.8. The average Bonchev–Trinajstić information content (AvgIpc) is 3.24. The molecule has 10 heteroatoms. The molecule has 10 nitrogen and oxygen atoms in total. The molecule has 1 amide bonds. The second-order valence-electron chi connectivity index (χ2n) is 9.42. The van der Waals surface area contributed by atoms with Crippen LogP contribution in [0.25, 0.3) is 16.9 Å². The lowest BCUT2D eigenvalue weighted by Gasteiger charge is -2.36. The summed E-state index contributed by atoms with van der Waals surface area (Å²) in [5.41, 5.74) is 1.76. The minimum atomic E-state index is -0.522. The number of amides is 1. The van der Waals surface area contributed by atoms with Crippen molar-refractivity contribution in [3.63, 3.8) is 0 Å². The number of hydrogen-bond acceptors (Lipinski definition) is 8. The fraction of sp³-hybridized carbons (Fsp3) is 0.480. The number of ether oxygens (including phenoxy) is 1. The van der Waals surface area contributed by atoms with Crippen molar-refractivity contribution in [2.45, 2.75) is 40.2 Å². The van der Waals surface area contributed by atoms with E-state index in [0.29, 0.717) is 37.6 Å². The molecule has 1 aliphatic rings. The van der Waals surface area contributed by atoms with Gasteiger partial charge in [-0.3, -0.25) is 4.57 Å². The lowest BCUT2D eigenvalue weighted by atomic mass is 10.2. The Morgan fingerprint density at radius 2 is 1.86 bits per heavy atom. The number of rotatable bonds is 5. The van der Waals surface area contributed by atoms with Crippen molar-refractivity contribution < 1.29 is 9.53 Å². The molecule has 1 saturated heterocycles. The summed E-state index contributed by atoms with van der Waals surface area (Å²) in [5, 5.41) is 10.3. The van der Waals surface area contributed by atoms with Crippen LogP contribution in [0.3, 0.4) is 0 Å². The van der Waals surface area contributed by atoms with Gasteiger partial charge in [0, 0.05) is 51.7 Å². The third-order valence-electron chi connectivity index (χ3n) is 6.00. The minimum Gasteiger partial charge on any atom is -0.444 e. The van der Waals surface area contributed by atoms with Crippen LogP contribution in [0.1, 0.15) is 40.2 Å². The van der Waals surface area contributed by atoms with Crippen LogP contribution < -0.4 is 9.80 Å². The summed E-state index contributed by atoms with van der Waals surface area (Å²) in [6.45, 7) is 13.9. The minimum absolute atomic E-state index is 0.289. The molecule has 0 N–H and O–H groups in total. The number of aromatic nitrogens is 4. The molecule has 0 atom stereocenters. The molecule has 0 bridgehead atoms. The highest BCUT2D eigenvalue weighted by Crippen LogP contribution is 2.36. The Morgan fingerprint density at radius 3 is 2.49 bits per heavy atom. The van der Waals surface area contributed by atoms with Crippen molar-refractivity contribution in [1.82, 2.24) is 24.4 Å². The molecule has 1 fully saturated rings. The topological polar surface area (TPSA) is 103 Å². The lowest BCUT2D eigenvalue weighted by molar-refractivity contribution is 0.0240. The van der Waals surface area contributed by atoms with Crippen LogP contribution in [0.15, 0.2) is 30.9 Å². The van der Waals surface area contributed by atoms with E-state index in [0.717, 1.165) is 35.6 Å². The molecule has 0 aromatic carbocycles. The van der Waals surface area contributed by atoms with E-state index in [4.69, 9.17) is 4.74 Å². The number of fused-ring (bicyclic) bond motifs is 1. The van der Waals surface area contributed by atoms with Gasteiger partial charge in [0.1, 0.15) is 23.6 Å². The number of hydrogen-bond donors (Lipinski definition) is 0. The second kappa shape index (κ2) is 9.78. The van der Waals surface area contributed by atoms with E-state index < -0.39 is 5.60 Å². The molecule has 0 spiro atoms. The van der Waals surface area contributed by atoms with E-state index in [-0.39, 0.29) is 6.09 Å². The highest BCUT2D eigenvalue weighted by molar-refractivity contribution is 6.00. The van der Waals surface area contributed by atoms with Gasteiger partial charge in [-0.25, -0.2) is 19.7 Å². The van der Waals surface area contributed by atoms with Gasteiger partial charge in [-0.2, -0.15) is 5.26 Å². The Hall–Kier alpha value is -3.87. The molecule has 4 rings (SSSR count). The highest BCUT2D eigenvalue weighted by atomic mass is 16.6. The van der Waals surface area contributed by atoms with E-state index in [1.54, 1.807) is 29.6 Å². The molecule has 0 saturated carbocycles. The molecule has 1 aliphatic heterocycles. The molecular formula is C25H32N8O2. The van der Waals surface area contributed by atoms with Gasteiger partial charge in [0.25, 0.3) is 0 Å². The monoisotopic (exact) mass is 476 g/mol. The number of carbonyl (C=O) groups is 1. The van der Waals surface area contributed by atoms with Crippen LogP contribution in [0.4, 0.5) is 16.3 Å². The number of pyridine rings is 1. The normalized spacial score (nSPS) is 14.2. The zero-order chi connectivity index (χ0) is 25.2. The Labute approximate surface area is 205 Å². The number of nitrogens with zero attached hydrogens (tertiary/aromatic N) is 8. The molecule has 0 unspecified atom stereocenters. The molecule has 184 valence electrons. The standard InChI is InChI=1S/C25H32N8O2/c1-6-30(7-2)19-16-33(20-14-18(15-26)8-9-27-20)23-21(19)22(28-17-29-23)31-10-12-32(13-11-31)24(34)35-25(3,4)5/h8-9,14,16-17H,6-7,10-13H2,1-5H3. The molecule has 35 heavy (non-hydrogen) atoms. The van der Waals surface area contributed by atoms with Gasteiger partial charge in [0.15, 0.2) is 5.65 Å². The van der Waals surface area contributed by atoms with Crippen LogP contribution in [0.5, 0.6) is 0 Å². The SMILES string of the molecule is CCN(CC)c1cn(-c2cc(C#N)ccn2)c2ncnc(N3CCN(C(=O)OC(C)(C)C)CC3)c12. The summed E-state index contributed by atoms with van der Waals surface area (Å²) in [4.78, 5) is 32.5.